The monoisotopic (exact) mass is 219 g/mol. The van der Waals surface area contributed by atoms with Gasteiger partial charge in [0.15, 0.2) is 0 Å². The van der Waals surface area contributed by atoms with Crippen molar-refractivity contribution < 1.29 is 14.6 Å². The van der Waals surface area contributed by atoms with Gasteiger partial charge in [-0.15, -0.1) is 0 Å². The highest BCUT2D eigenvalue weighted by atomic mass is 16.5. The second-order valence-electron chi connectivity index (χ2n) is 4.18. The van der Waals surface area contributed by atoms with Gasteiger partial charge in [0.05, 0.1) is 12.2 Å². The van der Waals surface area contributed by atoms with Crippen LogP contribution in [0.25, 0.3) is 0 Å². The fourth-order valence-electron chi connectivity index (χ4n) is 1.16. The number of rotatable bonds is 9. The summed E-state index contributed by atoms with van der Waals surface area (Å²) >= 11 is 0. The Morgan fingerprint density at radius 3 is 2.67 bits per heavy atom. The van der Waals surface area contributed by atoms with E-state index in [4.69, 9.17) is 9.47 Å². The molecule has 0 radical (unpaired) electrons. The van der Waals surface area contributed by atoms with Crippen molar-refractivity contribution in [1.82, 2.24) is 5.32 Å². The molecule has 0 heterocycles. The quantitative estimate of drug-likeness (QED) is 0.602. The van der Waals surface area contributed by atoms with Crippen molar-refractivity contribution >= 4 is 0 Å². The molecule has 0 aliphatic carbocycles. The standard InChI is InChI=1S/C11H25NO3/c1-5-15-8-10(2)12-9-11(3,13)6-7-14-4/h10,12-13H,5-9H2,1-4H3. The molecule has 2 N–H and O–H groups in total. The average molecular weight is 219 g/mol. The fraction of sp³-hybridized carbons (Fsp3) is 1.00. The summed E-state index contributed by atoms with van der Waals surface area (Å²) in [5.41, 5.74) is -0.712. The molecule has 0 aliphatic heterocycles. The first-order valence-corrected chi connectivity index (χ1v) is 5.54. The Bertz CT molecular complexity index is 151. The van der Waals surface area contributed by atoms with E-state index in [9.17, 15) is 5.11 Å². The summed E-state index contributed by atoms with van der Waals surface area (Å²) in [7, 11) is 1.64. The van der Waals surface area contributed by atoms with E-state index >= 15 is 0 Å². The van der Waals surface area contributed by atoms with Crippen LogP contribution in [0.4, 0.5) is 0 Å². The van der Waals surface area contributed by atoms with E-state index in [0.717, 1.165) is 6.61 Å². The molecule has 92 valence electrons. The van der Waals surface area contributed by atoms with Crippen LogP contribution in [-0.4, -0.2) is 50.2 Å². The van der Waals surface area contributed by atoms with Gasteiger partial charge in [0.1, 0.15) is 0 Å². The first-order valence-electron chi connectivity index (χ1n) is 5.54. The highest BCUT2D eigenvalue weighted by molar-refractivity contribution is 4.77. The molecule has 2 atom stereocenters. The normalized spacial score (nSPS) is 17.4. The molecule has 0 rings (SSSR count). The molecule has 0 fully saturated rings. The number of aliphatic hydroxyl groups is 1. The molecule has 0 aromatic carbocycles. The lowest BCUT2D eigenvalue weighted by atomic mass is 10.0. The summed E-state index contributed by atoms with van der Waals surface area (Å²) in [6.45, 7) is 8.37. The van der Waals surface area contributed by atoms with E-state index in [0.29, 0.717) is 26.2 Å². The smallest absolute Gasteiger partial charge is 0.0765 e. The first kappa shape index (κ1) is 14.8. The van der Waals surface area contributed by atoms with Gasteiger partial charge in [-0.3, -0.25) is 0 Å². The number of nitrogens with one attached hydrogen (secondary N) is 1. The minimum absolute atomic E-state index is 0.263. The van der Waals surface area contributed by atoms with Crippen LogP contribution < -0.4 is 5.32 Å². The molecule has 0 bridgehead atoms. The molecule has 0 saturated heterocycles. The Balaban J connectivity index is 3.62. The third-order valence-corrected chi connectivity index (χ3v) is 2.25. The van der Waals surface area contributed by atoms with E-state index in [1.807, 2.05) is 20.8 Å². The molecule has 0 aromatic heterocycles. The van der Waals surface area contributed by atoms with E-state index < -0.39 is 5.60 Å². The fourth-order valence-corrected chi connectivity index (χ4v) is 1.16. The third kappa shape index (κ3) is 8.81. The summed E-state index contributed by atoms with van der Waals surface area (Å²) in [6, 6.07) is 0.263. The minimum Gasteiger partial charge on any atom is -0.389 e. The first-order chi connectivity index (χ1) is 7.02. The average Bonchev–Trinajstić information content (AvgIpc) is 2.21. The van der Waals surface area contributed by atoms with Crippen molar-refractivity contribution in [3.05, 3.63) is 0 Å². The molecule has 4 nitrogen and oxygen atoms in total. The summed E-state index contributed by atoms with van der Waals surface area (Å²) < 4.78 is 10.2. The van der Waals surface area contributed by atoms with Gasteiger partial charge in [-0.05, 0) is 20.8 Å². The van der Waals surface area contributed by atoms with E-state index in [2.05, 4.69) is 5.32 Å². The zero-order chi connectivity index (χ0) is 11.7. The van der Waals surface area contributed by atoms with Crippen molar-refractivity contribution in [3.63, 3.8) is 0 Å². The highest BCUT2D eigenvalue weighted by Crippen LogP contribution is 2.07. The van der Waals surface area contributed by atoms with Crippen LogP contribution in [0.2, 0.25) is 0 Å². The molecule has 15 heavy (non-hydrogen) atoms. The summed E-state index contributed by atoms with van der Waals surface area (Å²) in [5.74, 6) is 0. The molecule has 0 saturated carbocycles. The van der Waals surface area contributed by atoms with E-state index in [1.54, 1.807) is 7.11 Å². The largest absolute Gasteiger partial charge is 0.389 e. The predicted octanol–water partition coefficient (Wildman–Crippen LogP) is 0.788. The Labute approximate surface area is 93.0 Å². The Morgan fingerprint density at radius 1 is 1.47 bits per heavy atom. The Kier molecular flexibility index (Phi) is 7.96. The summed E-state index contributed by atoms with van der Waals surface area (Å²) in [6.07, 6.45) is 0.637. The molecule has 4 heteroatoms. The molecule has 2 unspecified atom stereocenters. The van der Waals surface area contributed by atoms with Crippen LogP contribution in [0.3, 0.4) is 0 Å². The zero-order valence-corrected chi connectivity index (χ0v) is 10.4. The van der Waals surface area contributed by atoms with Gasteiger partial charge < -0.3 is 19.9 Å². The van der Waals surface area contributed by atoms with Crippen molar-refractivity contribution in [2.45, 2.75) is 38.8 Å². The Hall–Kier alpha value is -0.160. The maximum absolute atomic E-state index is 9.94. The molecule has 0 aliphatic rings. The molecule has 0 spiro atoms. The van der Waals surface area contributed by atoms with Gasteiger partial charge in [-0.25, -0.2) is 0 Å². The summed E-state index contributed by atoms with van der Waals surface area (Å²) in [4.78, 5) is 0. The number of hydrogen-bond acceptors (Lipinski definition) is 4. The number of ether oxygens (including phenoxy) is 2. The van der Waals surface area contributed by atoms with Gasteiger partial charge in [-0.1, -0.05) is 0 Å². The topological polar surface area (TPSA) is 50.7 Å². The highest BCUT2D eigenvalue weighted by Gasteiger charge is 2.20. The van der Waals surface area contributed by atoms with E-state index in [-0.39, 0.29) is 6.04 Å². The van der Waals surface area contributed by atoms with Crippen LogP contribution in [-0.2, 0) is 9.47 Å². The van der Waals surface area contributed by atoms with Gasteiger partial charge in [0, 0.05) is 39.3 Å². The Morgan fingerprint density at radius 2 is 2.13 bits per heavy atom. The molecular weight excluding hydrogens is 194 g/mol. The van der Waals surface area contributed by atoms with Crippen LogP contribution in [0.1, 0.15) is 27.2 Å². The maximum Gasteiger partial charge on any atom is 0.0765 e. The van der Waals surface area contributed by atoms with Crippen LogP contribution in [0.15, 0.2) is 0 Å². The zero-order valence-electron chi connectivity index (χ0n) is 10.4. The SMILES string of the molecule is CCOCC(C)NCC(C)(O)CCOC. The van der Waals surface area contributed by atoms with Crippen LogP contribution >= 0.6 is 0 Å². The van der Waals surface area contributed by atoms with Crippen molar-refractivity contribution in [2.24, 2.45) is 0 Å². The lowest BCUT2D eigenvalue weighted by molar-refractivity contribution is 0.0197. The van der Waals surface area contributed by atoms with Crippen LogP contribution in [0, 0.1) is 0 Å². The molecule has 0 amide bonds. The van der Waals surface area contributed by atoms with Gasteiger partial charge in [0.2, 0.25) is 0 Å². The second-order valence-corrected chi connectivity index (χ2v) is 4.18. The van der Waals surface area contributed by atoms with Crippen molar-refractivity contribution in [2.75, 3.05) is 33.5 Å². The number of methoxy groups -OCH3 is 1. The van der Waals surface area contributed by atoms with Gasteiger partial charge in [-0.2, -0.15) is 0 Å². The number of hydrogen-bond donors (Lipinski definition) is 2. The molecular formula is C11H25NO3. The predicted molar refractivity (Wildman–Crippen MR) is 61.1 cm³/mol. The third-order valence-electron chi connectivity index (χ3n) is 2.25. The minimum atomic E-state index is -0.712. The second kappa shape index (κ2) is 8.05. The molecule has 0 aromatic rings. The van der Waals surface area contributed by atoms with Crippen LogP contribution in [0.5, 0.6) is 0 Å². The maximum atomic E-state index is 9.94. The van der Waals surface area contributed by atoms with Crippen molar-refractivity contribution in [3.8, 4) is 0 Å². The summed E-state index contributed by atoms with van der Waals surface area (Å²) in [5, 5.41) is 13.2. The van der Waals surface area contributed by atoms with E-state index in [1.165, 1.54) is 0 Å². The van der Waals surface area contributed by atoms with Crippen molar-refractivity contribution in [1.29, 1.82) is 0 Å². The van der Waals surface area contributed by atoms with Gasteiger partial charge in [0.25, 0.3) is 0 Å². The lowest BCUT2D eigenvalue weighted by Crippen LogP contribution is -2.43. The van der Waals surface area contributed by atoms with Gasteiger partial charge >= 0.3 is 0 Å². The lowest BCUT2D eigenvalue weighted by Gasteiger charge is -2.25.